The number of benzene rings is 2. The van der Waals surface area contributed by atoms with E-state index < -0.39 is 23.0 Å². The van der Waals surface area contributed by atoms with E-state index >= 15 is 0 Å². The normalized spacial score (nSPS) is 12.3. The molecule has 3 heterocycles. The van der Waals surface area contributed by atoms with Crippen molar-refractivity contribution in [2.75, 3.05) is 0 Å². The Bertz CT molecular complexity index is 1230. The Morgan fingerprint density at radius 2 is 1.50 bits per heavy atom. The van der Waals surface area contributed by atoms with Crippen LogP contribution in [0.15, 0.2) is 83.9 Å². The fourth-order valence-electron chi connectivity index (χ4n) is 3.64. The van der Waals surface area contributed by atoms with Crippen LogP contribution >= 0.6 is 0 Å². The lowest BCUT2D eigenvalue weighted by Gasteiger charge is -2.23. The van der Waals surface area contributed by atoms with Crippen LogP contribution in [-0.2, 0) is 25.7 Å². The maximum Gasteiger partial charge on any atom is 0.433 e. The lowest BCUT2D eigenvalue weighted by atomic mass is 10.1. The van der Waals surface area contributed by atoms with E-state index in [0.29, 0.717) is 6.20 Å². The Balaban J connectivity index is 0.000000165. The molecule has 0 aliphatic carbocycles. The summed E-state index contributed by atoms with van der Waals surface area (Å²) >= 11 is 0. The lowest BCUT2D eigenvalue weighted by molar-refractivity contribution is -0.143. The van der Waals surface area contributed by atoms with Gasteiger partial charge in [0.2, 0.25) is 5.43 Å². The van der Waals surface area contributed by atoms with Crippen molar-refractivity contribution in [3.63, 3.8) is 0 Å². The first-order valence-electron chi connectivity index (χ1n) is 9.98. The number of alkyl halides is 3. The molecule has 0 radical (unpaired) electrons. The zero-order valence-electron chi connectivity index (χ0n) is 17.0. The molecule has 2 aromatic heterocycles. The summed E-state index contributed by atoms with van der Waals surface area (Å²) in [5.74, 6) is -0.628. The van der Waals surface area contributed by atoms with Crippen LogP contribution in [-0.4, -0.2) is 19.2 Å². The van der Waals surface area contributed by atoms with Gasteiger partial charge >= 0.3 is 6.18 Å². The van der Waals surface area contributed by atoms with Crippen LogP contribution in [0.2, 0.25) is 0 Å². The molecule has 164 valence electrons. The summed E-state index contributed by atoms with van der Waals surface area (Å²) < 4.78 is 40.8. The van der Waals surface area contributed by atoms with Gasteiger partial charge in [-0.25, -0.2) is 4.98 Å². The Hall–Kier alpha value is -3.81. The molecule has 0 amide bonds. The highest BCUT2D eigenvalue weighted by atomic mass is 19.4. The van der Waals surface area contributed by atoms with Gasteiger partial charge in [-0.2, -0.15) is 13.2 Å². The summed E-state index contributed by atoms with van der Waals surface area (Å²) in [6.45, 7) is 0.315. The molecule has 8 heteroatoms. The summed E-state index contributed by atoms with van der Waals surface area (Å²) in [5, 5.41) is 9.73. The largest absolute Gasteiger partial charge is 0.503 e. The van der Waals surface area contributed by atoms with Gasteiger partial charge in [-0.15, -0.1) is 0 Å². The lowest BCUT2D eigenvalue weighted by Crippen LogP contribution is -2.24. The smallest absolute Gasteiger partial charge is 0.433 e. The van der Waals surface area contributed by atoms with Gasteiger partial charge in [-0.3, -0.25) is 4.79 Å². The number of hydrogen-bond donors (Lipinski definition) is 1. The summed E-state index contributed by atoms with van der Waals surface area (Å²) in [5.41, 5.74) is 1.23. The van der Waals surface area contributed by atoms with Gasteiger partial charge in [0.1, 0.15) is 11.4 Å². The highest BCUT2D eigenvalue weighted by Crippen LogP contribution is 2.36. The molecule has 2 aromatic carbocycles. The fraction of sp³-hybridized carbons (Fsp3) is 0.167. The minimum absolute atomic E-state index is 0.0225. The van der Waals surface area contributed by atoms with E-state index in [1.165, 1.54) is 28.0 Å². The van der Waals surface area contributed by atoms with Crippen molar-refractivity contribution in [2.45, 2.75) is 25.7 Å². The van der Waals surface area contributed by atoms with Gasteiger partial charge in [-0.1, -0.05) is 60.7 Å². The highest BCUT2D eigenvalue weighted by molar-refractivity contribution is 5.61. The van der Waals surface area contributed by atoms with Crippen LogP contribution < -0.4 is 5.43 Å². The number of nitrogens with zero attached hydrogens (tertiary/aromatic N) is 3. The number of aromatic hydroxyl groups is 1. The number of aromatic nitrogens is 3. The monoisotopic (exact) mass is 439 g/mol. The van der Waals surface area contributed by atoms with Crippen LogP contribution in [0.25, 0.3) is 11.5 Å². The van der Waals surface area contributed by atoms with Crippen LogP contribution in [0.1, 0.15) is 16.8 Å². The van der Waals surface area contributed by atoms with Crippen molar-refractivity contribution in [2.24, 2.45) is 0 Å². The molecule has 0 atom stereocenters. The summed E-state index contributed by atoms with van der Waals surface area (Å²) in [6.07, 6.45) is -1.34. The molecule has 32 heavy (non-hydrogen) atoms. The van der Waals surface area contributed by atoms with E-state index in [0.717, 1.165) is 11.0 Å². The van der Waals surface area contributed by atoms with Crippen molar-refractivity contribution < 1.29 is 18.3 Å². The van der Waals surface area contributed by atoms with E-state index in [9.17, 15) is 23.1 Å². The molecule has 0 spiro atoms. The standard InChI is InChI=1S/C13H12.C11H8F3N3O2/c1-3-7-12(8-4-1)11-13-9-5-2-6-10-13;12-11(13,14)7-5-15-10-8-9(19)6(18)1-2-16(8)3-4-17(7)10/h1-10H,11H2;1-2,5,19H,3-4H2. The second-order valence-corrected chi connectivity index (χ2v) is 7.34. The topological polar surface area (TPSA) is 60.1 Å². The van der Waals surface area contributed by atoms with Gasteiger partial charge in [-0.05, 0) is 17.5 Å². The number of aryl methyl sites for hydroxylation is 1. The third kappa shape index (κ3) is 4.44. The molecule has 4 aromatic rings. The molecule has 0 saturated heterocycles. The first kappa shape index (κ1) is 21.4. The van der Waals surface area contributed by atoms with Crippen molar-refractivity contribution >= 4 is 0 Å². The minimum atomic E-state index is -4.52. The van der Waals surface area contributed by atoms with Gasteiger partial charge in [0.05, 0.1) is 6.20 Å². The zero-order valence-corrected chi connectivity index (χ0v) is 17.0. The molecule has 5 rings (SSSR count). The Morgan fingerprint density at radius 3 is 2.06 bits per heavy atom. The Kier molecular flexibility index (Phi) is 5.85. The number of pyridine rings is 1. The Morgan fingerprint density at radius 1 is 0.906 bits per heavy atom. The van der Waals surface area contributed by atoms with Gasteiger partial charge in [0.15, 0.2) is 11.6 Å². The van der Waals surface area contributed by atoms with Gasteiger partial charge in [0.25, 0.3) is 0 Å². The Labute approximate surface area is 182 Å². The van der Waals surface area contributed by atoms with Gasteiger partial charge in [0, 0.05) is 25.4 Å². The quantitative estimate of drug-likeness (QED) is 0.491. The summed E-state index contributed by atoms with van der Waals surface area (Å²) in [6, 6.07) is 22.2. The van der Waals surface area contributed by atoms with Gasteiger partial charge < -0.3 is 14.2 Å². The highest BCUT2D eigenvalue weighted by Gasteiger charge is 2.38. The number of fused-ring (bicyclic) bond motifs is 3. The second-order valence-electron chi connectivity index (χ2n) is 7.34. The first-order chi connectivity index (χ1) is 15.3. The molecule has 0 bridgehead atoms. The molecular weight excluding hydrogens is 419 g/mol. The maximum atomic E-state index is 12.8. The second kappa shape index (κ2) is 8.74. The van der Waals surface area contributed by atoms with Crippen LogP contribution in [0.3, 0.4) is 0 Å². The van der Waals surface area contributed by atoms with Crippen LogP contribution in [0.5, 0.6) is 5.75 Å². The predicted molar refractivity (Wildman–Crippen MR) is 114 cm³/mol. The molecule has 1 N–H and O–H groups in total. The molecule has 0 fully saturated rings. The molecule has 0 unspecified atom stereocenters. The number of hydrogen-bond acceptors (Lipinski definition) is 3. The first-order valence-corrected chi connectivity index (χ1v) is 9.98. The van der Waals surface area contributed by atoms with E-state index in [4.69, 9.17) is 0 Å². The SMILES string of the molecule is O=c1ccn2c(c1O)-c1ncc(C(F)(F)F)n1CC2.c1ccc(Cc2ccccc2)cc1. The third-order valence-corrected chi connectivity index (χ3v) is 5.17. The number of imidazole rings is 1. The van der Waals surface area contributed by atoms with Crippen molar-refractivity contribution in [1.82, 2.24) is 14.1 Å². The fourth-order valence-corrected chi connectivity index (χ4v) is 3.64. The molecule has 5 nitrogen and oxygen atoms in total. The average Bonchev–Trinajstić information content (AvgIpc) is 3.23. The van der Waals surface area contributed by atoms with Crippen molar-refractivity contribution in [3.05, 3.63) is 106 Å². The third-order valence-electron chi connectivity index (χ3n) is 5.17. The maximum absolute atomic E-state index is 12.8. The van der Waals surface area contributed by atoms with E-state index in [-0.39, 0.29) is 24.6 Å². The minimum Gasteiger partial charge on any atom is -0.503 e. The van der Waals surface area contributed by atoms with Crippen LogP contribution in [0, 0.1) is 0 Å². The zero-order chi connectivity index (χ0) is 22.7. The number of halogens is 3. The average molecular weight is 439 g/mol. The molecular formula is C24H20F3N3O2. The summed E-state index contributed by atoms with van der Waals surface area (Å²) in [7, 11) is 0. The molecule has 0 saturated carbocycles. The molecule has 1 aliphatic rings. The van der Waals surface area contributed by atoms with E-state index in [2.05, 4.69) is 65.6 Å². The van der Waals surface area contributed by atoms with Crippen molar-refractivity contribution in [1.29, 1.82) is 0 Å². The van der Waals surface area contributed by atoms with Crippen LogP contribution in [0.4, 0.5) is 13.2 Å². The summed E-state index contributed by atoms with van der Waals surface area (Å²) in [4.78, 5) is 15.1. The molecule has 1 aliphatic heterocycles. The van der Waals surface area contributed by atoms with E-state index in [1.807, 2.05) is 0 Å². The predicted octanol–water partition coefficient (Wildman–Crippen LogP) is 4.73. The van der Waals surface area contributed by atoms with E-state index in [1.54, 1.807) is 0 Å². The number of rotatable bonds is 2. The van der Waals surface area contributed by atoms with Crippen molar-refractivity contribution in [3.8, 4) is 17.3 Å².